The van der Waals surface area contributed by atoms with Crippen LogP contribution in [0.1, 0.15) is 11.1 Å². The summed E-state index contributed by atoms with van der Waals surface area (Å²) < 4.78 is 2.43. The van der Waals surface area contributed by atoms with Crippen molar-refractivity contribution < 1.29 is 0 Å². The first-order valence-electron chi connectivity index (χ1n) is 14.6. The van der Waals surface area contributed by atoms with E-state index in [2.05, 4.69) is 133 Å². The van der Waals surface area contributed by atoms with Gasteiger partial charge in [0, 0.05) is 34.0 Å². The molecule has 0 spiro atoms. The zero-order valence-electron chi connectivity index (χ0n) is 24.3. The molecule has 7 rings (SSSR count). The van der Waals surface area contributed by atoms with Crippen LogP contribution in [0.3, 0.4) is 0 Å². The predicted molar refractivity (Wildman–Crippen MR) is 191 cm³/mol. The van der Waals surface area contributed by atoms with Gasteiger partial charge in [0.2, 0.25) is 0 Å². The highest BCUT2D eigenvalue weighted by atomic mass is 15.0. The summed E-state index contributed by atoms with van der Waals surface area (Å²) in [6.45, 7) is 7.71. The van der Waals surface area contributed by atoms with Gasteiger partial charge >= 0.3 is 0 Å². The zero-order valence-corrected chi connectivity index (χ0v) is 24.3. The molecule has 0 bridgehead atoms. The average molecular weight is 566 g/mol. The molecule has 0 fully saturated rings. The van der Waals surface area contributed by atoms with E-state index in [1.54, 1.807) is 18.4 Å². The van der Waals surface area contributed by atoms with Gasteiger partial charge in [0.25, 0.3) is 0 Å². The van der Waals surface area contributed by atoms with E-state index in [1.807, 2.05) is 6.08 Å². The maximum Gasteiger partial charge on any atom is 0.0619 e. The quantitative estimate of drug-likeness (QED) is 0.147. The minimum absolute atomic E-state index is 0.828. The molecular weight excluding hydrogens is 534 g/mol. The molecule has 0 atom stereocenters. The third kappa shape index (κ3) is 4.34. The monoisotopic (exact) mass is 565 g/mol. The van der Waals surface area contributed by atoms with Crippen molar-refractivity contribution in [3.05, 3.63) is 164 Å². The molecular formula is C41H31N3. The number of fused-ring (bicyclic) bond motifs is 6. The molecule has 0 radical (unpaired) electrons. The van der Waals surface area contributed by atoms with Crippen molar-refractivity contribution >= 4 is 60.7 Å². The molecule has 6 aromatic carbocycles. The van der Waals surface area contributed by atoms with E-state index in [9.17, 15) is 0 Å². The summed E-state index contributed by atoms with van der Waals surface area (Å²) in [5, 5.41) is 15.0. The average Bonchev–Trinajstić information content (AvgIpc) is 3.41. The molecule has 0 aliphatic rings. The number of benzene rings is 6. The molecule has 0 unspecified atom stereocenters. The van der Waals surface area contributed by atoms with Gasteiger partial charge < -0.3 is 15.7 Å². The second kappa shape index (κ2) is 11.0. The van der Waals surface area contributed by atoms with Crippen LogP contribution in [-0.4, -0.2) is 10.8 Å². The first-order valence-corrected chi connectivity index (χ1v) is 14.6. The number of hydrogen-bond donors (Lipinski definition) is 2. The van der Waals surface area contributed by atoms with Gasteiger partial charge in [-0.25, -0.2) is 0 Å². The molecule has 0 aliphatic carbocycles. The van der Waals surface area contributed by atoms with Crippen LogP contribution in [0.15, 0.2) is 153 Å². The summed E-state index contributed by atoms with van der Waals surface area (Å²) in [6.07, 6.45) is 8.35. The lowest BCUT2D eigenvalue weighted by atomic mass is 9.98. The van der Waals surface area contributed by atoms with Crippen molar-refractivity contribution in [2.75, 3.05) is 0 Å². The normalized spacial score (nSPS) is 12.3. The maximum absolute atomic E-state index is 7.92. The SMILES string of the molecule is C=C/C=C(\C=N)c1ccc2c(ccc3c4ccc(-c5ccc(/C(C=C)=C/N)cc5)cc4n(-c4cccc5ccccc45)c23)c1. The Morgan fingerprint density at radius 3 is 2.14 bits per heavy atom. The minimum Gasteiger partial charge on any atom is -0.404 e. The summed E-state index contributed by atoms with van der Waals surface area (Å²) >= 11 is 0. The van der Waals surface area contributed by atoms with Crippen LogP contribution in [0.4, 0.5) is 0 Å². The third-order valence-electron chi connectivity index (χ3n) is 8.49. The van der Waals surface area contributed by atoms with Gasteiger partial charge in [-0.2, -0.15) is 0 Å². The molecule has 3 nitrogen and oxygen atoms in total. The molecule has 1 heterocycles. The Balaban J connectivity index is 1.54. The number of nitrogens with zero attached hydrogens (tertiary/aromatic N) is 1. The first-order chi connectivity index (χ1) is 21.6. The summed E-state index contributed by atoms with van der Waals surface area (Å²) in [4.78, 5) is 0. The van der Waals surface area contributed by atoms with Crippen molar-refractivity contribution in [3.63, 3.8) is 0 Å². The summed E-state index contributed by atoms with van der Waals surface area (Å²) in [5.41, 5.74) is 15.3. The van der Waals surface area contributed by atoms with E-state index < -0.39 is 0 Å². The Labute approximate surface area is 256 Å². The van der Waals surface area contributed by atoms with Crippen LogP contribution in [0.25, 0.3) is 71.3 Å². The van der Waals surface area contributed by atoms with Crippen LogP contribution in [0, 0.1) is 5.41 Å². The van der Waals surface area contributed by atoms with Crippen molar-refractivity contribution in [1.29, 1.82) is 5.41 Å². The number of allylic oxidation sites excluding steroid dienone is 5. The first kappa shape index (κ1) is 26.9. The number of nitrogens with one attached hydrogen (secondary N) is 1. The molecule has 210 valence electrons. The van der Waals surface area contributed by atoms with E-state index in [-0.39, 0.29) is 0 Å². The third-order valence-corrected chi connectivity index (χ3v) is 8.49. The smallest absolute Gasteiger partial charge is 0.0619 e. The van der Waals surface area contributed by atoms with Gasteiger partial charge in [0.15, 0.2) is 0 Å². The van der Waals surface area contributed by atoms with E-state index in [0.29, 0.717) is 0 Å². The molecule has 0 saturated carbocycles. The Hall–Kier alpha value is -5.93. The molecule has 0 saturated heterocycles. The van der Waals surface area contributed by atoms with E-state index in [0.717, 1.165) is 55.4 Å². The van der Waals surface area contributed by atoms with Crippen molar-refractivity contribution in [2.24, 2.45) is 5.73 Å². The number of aromatic nitrogens is 1. The van der Waals surface area contributed by atoms with Crippen LogP contribution in [0.5, 0.6) is 0 Å². The Bertz CT molecular complexity index is 2320. The van der Waals surface area contributed by atoms with Crippen molar-refractivity contribution in [3.8, 4) is 16.8 Å². The number of rotatable bonds is 7. The molecule has 3 N–H and O–H groups in total. The predicted octanol–water partition coefficient (Wildman–Crippen LogP) is 10.5. The minimum atomic E-state index is 0.828. The van der Waals surface area contributed by atoms with Gasteiger partial charge in [-0.1, -0.05) is 128 Å². The fourth-order valence-corrected chi connectivity index (χ4v) is 6.34. The molecule has 7 aromatic rings. The highest BCUT2D eigenvalue weighted by molar-refractivity contribution is 6.20. The van der Waals surface area contributed by atoms with Crippen LogP contribution < -0.4 is 5.73 Å². The molecule has 44 heavy (non-hydrogen) atoms. The Morgan fingerprint density at radius 2 is 1.36 bits per heavy atom. The topological polar surface area (TPSA) is 54.8 Å². The van der Waals surface area contributed by atoms with Crippen molar-refractivity contribution in [2.45, 2.75) is 0 Å². The highest BCUT2D eigenvalue weighted by Gasteiger charge is 2.18. The van der Waals surface area contributed by atoms with Crippen LogP contribution in [-0.2, 0) is 0 Å². The van der Waals surface area contributed by atoms with Gasteiger partial charge in [0.1, 0.15) is 0 Å². The molecule has 0 amide bonds. The Morgan fingerprint density at radius 1 is 0.636 bits per heavy atom. The largest absolute Gasteiger partial charge is 0.404 e. The standard InChI is InChI=1S/C41H31N3/c1-3-8-34(26-43)31-17-20-36-33(23-31)19-22-38-37-21-18-32(29-15-13-28(14-16-29)27(4-2)25-42)24-40(37)44(41(36)38)39-12-7-10-30-9-5-6-11-35(30)39/h3-26,43H,1-2,42H2/b27-25+,34-8+,43-26?. The Kier molecular flexibility index (Phi) is 6.76. The van der Waals surface area contributed by atoms with Gasteiger partial charge in [-0.05, 0) is 62.4 Å². The maximum atomic E-state index is 7.92. The highest BCUT2D eigenvalue weighted by Crippen LogP contribution is 2.40. The van der Waals surface area contributed by atoms with Crippen LogP contribution >= 0.6 is 0 Å². The molecule has 1 aromatic heterocycles. The molecule has 3 heteroatoms. The van der Waals surface area contributed by atoms with E-state index in [1.165, 1.54) is 33.3 Å². The number of nitrogens with two attached hydrogens (primary N) is 1. The fraction of sp³-hybridized carbons (Fsp3) is 0. The van der Waals surface area contributed by atoms with Gasteiger partial charge in [-0.15, -0.1) is 0 Å². The second-order valence-electron chi connectivity index (χ2n) is 10.9. The second-order valence-corrected chi connectivity index (χ2v) is 10.9. The van der Waals surface area contributed by atoms with E-state index >= 15 is 0 Å². The van der Waals surface area contributed by atoms with Crippen molar-refractivity contribution in [1.82, 2.24) is 4.57 Å². The fourth-order valence-electron chi connectivity index (χ4n) is 6.34. The zero-order chi connectivity index (χ0) is 30.2. The summed E-state index contributed by atoms with van der Waals surface area (Å²) in [5.74, 6) is 0. The number of hydrogen-bond acceptors (Lipinski definition) is 2. The lowest BCUT2D eigenvalue weighted by Crippen LogP contribution is -1.96. The van der Waals surface area contributed by atoms with Crippen LogP contribution in [0.2, 0.25) is 0 Å². The van der Waals surface area contributed by atoms with Gasteiger partial charge in [0.05, 0.1) is 16.7 Å². The lowest BCUT2D eigenvalue weighted by Gasteiger charge is -2.14. The lowest BCUT2D eigenvalue weighted by molar-refractivity contribution is 1.20. The molecule has 0 aliphatic heterocycles. The van der Waals surface area contributed by atoms with Gasteiger partial charge in [-0.3, -0.25) is 0 Å². The summed E-state index contributed by atoms with van der Waals surface area (Å²) in [7, 11) is 0. The summed E-state index contributed by atoms with van der Waals surface area (Å²) in [6, 6.07) is 41.2. The van der Waals surface area contributed by atoms with E-state index in [4.69, 9.17) is 11.1 Å².